The van der Waals surface area contributed by atoms with Crippen molar-refractivity contribution in [3.8, 4) is 5.75 Å². The van der Waals surface area contributed by atoms with Crippen LogP contribution in [0.1, 0.15) is 53.0 Å². The Morgan fingerprint density at radius 2 is 1.74 bits per heavy atom. The summed E-state index contributed by atoms with van der Waals surface area (Å²) in [5.74, 6) is -0.586. The fourth-order valence-electron chi connectivity index (χ4n) is 2.05. The highest BCUT2D eigenvalue weighted by molar-refractivity contribution is 5.95. The van der Waals surface area contributed by atoms with Crippen LogP contribution in [0.4, 0.5) is 4.79 Å². The summed E-state index contributed by atoms with van der Waals surface area (Å²) in [6.45, 7) is 9.75. The second kappa shape index (κ2) is 10.5. The van der Waals surface area contributed by atoms with Gasteiger partial charge in [-0.15, -0.1) is 0 Å². The molecule has 0 radical (unpaired) electrons. The Labute approximate surface area is 160 Å². The van der Waals surface area contributed by atoms with Crippen LogP contribution in [-0.4, -0.2) is 37.2 Å². The molecule has 0 spiro atoms. The zero-order valence-electron chi connectivity index (χ0n) is 16.8. The molecule has 150 valence electrons. The van der Waals surface area contributed by atoms with Gasteiger partial charge in [-0.05, 0) is 36.5 Å². The molecule has 0 saturated heterocycles. The van der Waals surface area contributed by atoms with Crippen LogP contribution >= 0.6 is 0 Å². The number of imide groups is 1. The Bertz CT molecular complexity index is 635. The first kappa shape index (κ1) is 22.5. The average molecular weight is 378 g/mol. The van der Waals surface area contributed by atoms with Crippen LogP contribution in [0.15, 0.2) is 24.3 Å². The molecule has 1 aromatic rings. The van der Waals surface area contributed by atoms with Gasteiger partial charge in [0.2, 0.25) is 0 Å². The van der Waals surface area contributed by atoms with Crippen LogP contribution in [0.3, 0.4) is 0 Å². The fourth-order valence-corrected chi connectivity index (χ4v) is 2.05. The third-order valence-corrected chi connectivity index (χ3v) is 3.90. The van der Waals surface area contributed by atoms with Gasteiger partial charge in [0, 0.05) is 6.04 Å². The van der Waals surface area contributed by atoms with E-state index in [-0.39, 0.29) is 24.5 Å². The molecule has 0 fully saturated rings. The van der Waals surface area contributed by atoms with E-state index in [4.69, 9.17) is 9.47 Å². The molecule has 0 bridgehead atoms. The van der Waals surface area contributed by atoms with E-state index >= 15 is 0 Å². The molecule has 2 N–H and O–H groups in total. The highest BCUT2D eigenvalue weighted by Gasteiger charge is 2.14. The second-order valence-corrected chi connectivity index (χ2v) is 7.36. The second-order valence-electron chi connectivity index (χ2n) is 7.36. The van der Waals surface area contributed by atoms with Crippen molar-refractivity contribution in [2.45, 2.75) is 58.9 Å². The number of rotatable bonds is 8. The van der Waals surface area contributed by atoms with Crippen molar-refractivity contribution in [1.29, 1.82) is 0 Å². The largest absolute Gasteiger partial charge is 0.493 e. The number of nitrogens with one attached hydrogen (secondary N) is 2. The average Bonchev–Trinajstić information content (AvgIpc) is 2.59. The molecular weight excluding hydrogens is 348 g/mol. The molecule has 0 aliphatic heterocycles. The van der Waals surface area contributed by atoms with E-state index in [0.717, 1.165) is 6.42 Å². The van der Waals surface area contributed by atoms with Crippen LogP contribution in [0.2, 0.25) is 0 Å². The molecule has 3 amide bonds. The van der Waals surface area contributed by atoms with Crippen molar-refractivity contribution in [1.82, 2.24) is 10.6 Å². The van der Waals surface area contributed by atoms with Crippen LogP contribution in [0.25, 0.3) is 0 Å². The molecule has 7 nitrogen and oxygen atoms in total. The van der Waals surface area contributed by atoms with Crippen LogP contribution < -0.4 is 15.4 Å². The minimum absolute atomic E-state index is 0.00731. The van der Waals surface area contributed by atoms with E-state index in [1.54, 1.807) is 0 Å². The van der Waals surface area contributed by atoms with Gasteiger partial charge >= 0.3 is 12.0 Å². The van der Waals surface area contributed by atoms with Crippen molar-refractivity contribution in [3.63, 3.8) is 0 Å². The third kappa shape index (κ3) is 9.08. The first-order chi connectivity index (χ1) is 12.6. The number of ether oxygens (including phenoxy) is 2. The third-order valence-electron chi connectivity index (χ3n) is 3.90. The van der Waals surface area contributed by atoms with E-state index in [1.807, 2.05) is 38.1 Å². The molecule has 0 aromatic heterocycles. The highest BCUT2D eigenvalue weighted by atomic mass is 16.5. The van der Waals surface area contributed by atoms with Crippen molar-refractivity contribution in [2.24, 2.45) is 0 Å². The lowest BCUT2D eigenvalue weighted by Crippen LogP contribution is -2.44. The topological polar surface area (TPSA) is 93.7 Å². The minimum Gasteiger partial charge on any atom is -0.493 e. The molecule has 0 unspecified atom stereocenters. The summed E-state index contributed by atoms with van der Waals surface area (Å²) in [4.78, 5) is 34.7. The lowest BCUT2D eigenvalue weighted by molar-refractivity contribution is -0.148. The normalized spacial score (nSPS) is 12.0. The number of carbonyl (C=O) groups is 3. The number of benzene rings is 1. The van der Waals surface area contributed by atoms with Crippen LogP contribution in [0.5, 0.6) is 5.75 Å². The number of urea groups is 1. The lowest BCUT2D eigenvalue weighted by atomic mass is 9.87. The van der Waals surface area contributed by atoms with Gasteiger partial charge in [-0.1, -0.05) is 39.8 Å². The quantitative estimate of drug-likeness (QED) is 0.679. The molecule has 27 heavy (non-hydrogen) atoms. The minimum atomic E-state index is -0.678. The molecule has 0 aliphatic carbocycles. The number of esters is 1. The first-order valence-corrected chi connectivity index (χ1v) is 9.11. The number of hydrogen-bond acceptors (Lipinski definition) is 5. The van der Waals surface area contributed by atoms with Gasteiger partial charge in [0.1, 0.15) is 5.75 Å². The Balaban J connectivity index is 2.25. The zero-order valence-corrected chi connectivity index (χ0v) is 16.8. The maximum atomic E-state index is 11.7. The smallest absolute Gasteiger partial charge is 0.321 e. The Morgan fingerprint density at radius 3 is 2.30 bits per heavy atom. The van der Waals surface area contributed by atoms with E-state index in [2.05, 4.69) is 31.4 Å². The van der Waals surface area contributed by atoms with Crippen molar-refractivity contribution < 1.29 is 23.9 Å². The summed E-state index contributed by atoms with van der Waals surface area (Å²) in [5, 5.41) is 4.68. The molecule has 0 heterocycles. The molecular formula is C20H30N2O5. The predicted octanol–water partition coefficient (Wildman–Crippen LogP) is 2.92. The molecule has 1 rings (SSSR count). The first-order valence-electron chi connectivity index (χ1n) is 9.11. The van der Waals surface area contributed by atoms with E-state index < -0.39 is 24.5 Å². The SMILES string of the molecule is CC[C@H](C)NC(=O)NC(=O)COC(=O)CCOc1ccc(C(C)(C)C)cc1. The van der Waals surface area contributed by atoms with Gasteiger partial charge in [0.25, 0.3) is 5.91 Å². The van der Waals surface area contributed by atoms with E-state index in [1.165, 1.54) is 5.56 Å². The van der Waals surface area contributed by atoms with Gasteiger partial charge in [0.15, 0.2) is 6.61 Å². The summed E-state index contributed by atoms with van der Waals surface area (Å²) >= 11 is 0. The van der Waals surface area contributed by atoms with Crippen molar-refractivity contribution in [2.75, 3.05) is 13.2 Å². The Kier molecular flexibility index (Phi) is 8.78. The molecule has 0 aliphatic rings. The van der Waals surface area contributed by atoms with Crippen molar-refractivity contribution >= 4 is 17.9 Å². The number of amides is 3. The maximum Gasteiger partial charge on any atom is 0.321 e. The van der Waals surface area contributed by atoms with Crippen molar-refractivity contribution in [3.05, 3.63) is 29.8 Å². The standard InChI is InChI=1S/C20H30N2O5/c1-6-14(2)21-19(25)22-17(23)13-27-18(24)11-12-26-16-9-7-15(8-10-16)20(3,4)5/h7-10,14H,6,11-13H2,1-5H3,(H2,21,22,23,25)/t14-/m0/s1. The Hall–Kier alpha value is -2.57. The summed E-state index contributed by atoms with van der Waals surface area (Å²) in [5.41, 5.74) is 1.26. The maximum absolute atomic E-state index is 11.7. The summed E-state index contributed by atoms with van der Waals surface area (Å²) < 4.78 is 10.3. The fraction of sp³-hybridized carbons (Fsp3) is 0.550. The van der Waals surface area contributed by atoms with Gasteiger partial charge in [-0.3, -0.25) is 14.9 Å². The van der Waals surface area contributed by atoms with Gasteiger partial charge in [-0.2, -0.15) is 0 Å². The van der Waals surface area contributed by atoms with E-state index in [9.17, 15) is 14.4 Å². The van der Waals surface area contributed by atoms with Gasteiger partial charge < -0.3 is 14.8 Å². The molecule has 0 saturated carbocycles. The lowest BCUT2D eigenvalue weighted by Gasteiger charge is -2.19. The van der Waals surface area contributed by atoms with Crippen LogP contribution in [-0.2, 0) is 19.7 Å². The molecule has 1 aromatic carbocycles. The highest BCUT2D eigenvalue weighted by Crippen LogP contribution is 2.24. The molecule has 7 heteroatoms. The summed E-state index contributed by atoms with van der Waals surface area (Å²) in [7, 11) is 0. The summed E-state index contributed by atoms with van der Waals surface area (Å²) in [6.07, 6.45) is 0.753. The summed E-state index contributed by atoms with van der Waals surface area (Å²) in [6, 6.07) is 7.04. The van der Waals surface area contributed by atoms with E-state index in [0.29, 0.717) is 5.75 Å². The number of hydrogen-bond donors (Lipinski definition) is 2. The predicted molar refractivity (Wildman–Crippen MR) is 103 cm³/mol. The molecule has 1 atom stereocenters. The van der Waals surface area contributed by atoms with Gasteiger partial charge in [0.05, 0.1) is 13.0 Å². The van der Waals surface area contributed by atoms with Gasteiger partial charge in [-0.25, -0.2) is 4.79 Å². The Morgan fingerprint density at radius 1 is 1.11 bits per heavy atom. The number of carbonyl (C=O) groups excluding carboxylic acids is 3. The monoisotopic (exact) mass is 378 g/mol. The van der Waals surface area contributed by atoms with Crippen LogP contribution in [0, 0.1) is 0 Å². The zero-order chi connectivity index (χ0) is 20.4.